The fourth-order valence-corrected chi connectivity index (χ4v) is 4.13. The zero-order valence-corrected chi connectivity index (χ0v) is 20.0. The molecule has 0 fully saturated rings. The normalized spacial score (nSPS) is 12.4. The summed E-state index contributed by atoms with van der Waals surface area (Å²) in [6.07, 6.45) is -4.63. The Bertz CT molecular complexity index is 1460. The molecule has 4 aromatic rings. The Morgan fingerprint density at radius 3 is 2.33 bits per heavy atom. The number of fused-ring (bicyclic) bond motifs is 1. The van der Waals surface area contributed by atoms with Crippen LogP contribution in [0.1, 0.15) is 36.8 Å². The summed E-state index contributed by atoms with van der Waals surface area (Å²) >= 11 is 0. The van der Waals surface area contributed by atoms with E-state index in [2.05, 4.69) is 5.32 Å². The van der Waals surface area contributed by atoms with E-state index < -0.39 is 23.8 Å². The summed E-state index contributed by atoms with van der Waals surface area (Å²) in [6.45, 7) is 5.50. The number of hydrogen-bond donors (Lipinski definition) is 1. The van der Waals surface area contributed by atoms with Gasteiger partial charge in [0, 0.05) is 6.54 Å². The van der Waals surface area contributed by atoms with Crippen LogP contribution in [0.2, 0.25) is 0 Å². The van der Waals surface area contributed by atoms with Crippen molar-refractivity contribution in [2.24, 2.45) is 0 Å². The summed E-state index contributed by atoms with van der Waals surface area (Å²) in [5.74, 6) is 0.295. The van der Waals surface area contributed by atoms with Gasteiger partial charge < -0.3 is 10.2 Å². The van der Waals surface area contributed by atoms with Gasteiger partial charge >= 0.3 is 12.2 Å². The molecule has 6 nitrogen and oxygen atoms in total. The highest BCUT2D eigenvalue weighted by Gasteiger charge is 2.34. The Morgan fingerprint density at radius 2 is 1.67 bits per heavy atom. The average Bonchev–Trinajstić information content (AvgIpc) is 2.85. The van der Waals surface area contributed by atoms with Crippen LogP contribution in [0.4, 0.5) is 23.7 Å². The molecular formula is C27H25F3N4O2. The van der Waals surface area contributed by atoms with Crippen LogP contribution in [0.15, 0.2) is 77.6 Å². The third-order valence-corrected chi connectivity index (χ3v) is 6.01. The highest BCUT2D eigenvalue weighted by molar-refractivity contribution is 5.90. The van der Waals surface area contributed by atoms with Crippen molar-refractivity contribution in [2.45, 2.75) is 33.0 Å². The second-order valence-electron chi connectivity index (χ2n) is 8.40. The van der Waals surface area contributed by atoms with Gasteiger partial charge in [-0.3, -0.25) is 9.36 Å². The van der Waals surface area contributed by atoms with E-state index >= 15 is 0 Å². The van der Waals surface area contributed by atoms with E-state index in [0.29, 0.717) is 22.4 Å². The first-order chi connectivity index (χ1) is 17.1. The van der Waals surface area contributed by atoms with Crippen LogP contribution in [0.25, 0.3) is 16.6 Å². The lowest BCUT2D eigenvalue weighted by Gasteiger charge is -2.30. The largest absolute Gasteiger partial charge is 0.418 e. The maximum absolute atomic E-state index is 13.5. The summed E-state index contributed by atoms with van der Waals surface area (Å²) in [7, 11) is 0. The highest BCUT2D eigenvalue weighted by atomic mass is 19.4. The predicted molar refractivity (Wildman–Crippen MR) is 133 cm³/mol. The molecule has 0 aliphatic heterocycles. The zero-order chi connectivity index (χ0) is 26.0. The molecule has 0 radical (unpaired) electrons. The fourth-order valence-electron chi connectivity index (χ4n) is 4.13. The van der Waals surface area contributed by atoms with Crippen molar-refractivity contribution in [1.82, 2.24) is 14.5 Å². The number of carbonyl (C=O) groups is 1. The van der Waals surface area contributed by atoms with E-state index in [1.54, 1.807) is 50.2 Å². The Kier molecular flexibility index (Phi) is 6.83. The number of amides is 2. The summed E-state index contributed by atoms with van der Waals surface area (Å²) in [5, 5.41) is 2.81. The number of alkyl halides is 3. The molecule has 0 spiro atoms. The lowest BCUT2D eigenvalue weighted by atomic mass is 10.1. The molecule has 4 rings (SSSR count). The molecule has 9 heteroatoms. The maximum Gasteiger partial charge on any atom is 0.418 e. The molecule has 1 N–H and O–H groups in total. The van der Waals surface area contributed by atoms with Crippen LogP contribution in [0.3, 0.4) is 0 Å². The SMILES string of the molecule is CCN(C(=O)Nc1ccccc1C(F)(F)F)C(C)c1nc2ccccc2c(=O)n1-c1ccc(C)cc1. The van der Waals surface area contributed by atoms with Gasteiger partial charge in [0.25, 0.3) is 5.56 Å². The molecule has 186 valence electrons. The number of carbonyl (C=O) groups excluding carboxylic acids is 1. The Hall–Kier alpha value is -4.14. The van der Waals surface area contributed by atoms with Gasteiger partial charge in [-0.05, 0) is 57.2 Å². The molecule has 1 unspecified atom stereocenters. The van der Waals surface area contributed by atoms with E-state index in [1.165, 1.54) is 27.7 Å². The van der Waals surface area contributed by atoms with Gasteiger partial charge in [0.1, 0.15) is 5.82 Å². The lowest BCUT2D eigenvalue weighted by Crippen LogP contribution is -2.40. The highest BCUT2D eigenvalue weighted by Crippen LogP contribution is 2.35. The summed E-state index contributed by atoms with van der Waals surface area (Å²) in [5.41, 5.74) is 0.458. The average molecular weight is 495 g/mol. The molecule has 1 atom stereocenters. The number of nitrogens with one attached hydrogen (secondary N) is 1. The molecule has 1 heterocycles. The first-order valence-electron chi connectivity index (χ1n) is 11.4. The maximum atomic E-state index is 13.5. The number of aryl methyl sites for hydroxylation is 1. The predicted octanol–water partition coefficient (Wildman–Crippen LogP) is 6.33. The van der Waals surface area contributed by atoms with Gasteiger partial charge in [-0.25, -0.2) is 9.78 Å². The van der Waals surface area contributed by atoms with E-state index in [0.717, 1.165) is 11.6 Å². The zero-order valence-electron chi connectivity index (χ0n) is 20.0. The number of para-hydroxylation sites is 2. The fraction of sp³-hybridized carbons (Fsp3) is 0.222. The number of urea groups is 1. The molecular weight excluding hydrogens is 469 g/mol. The van der Waals surface area contributed by atoms with E-state index in [4.69, 9.17) is 4.98 Å². The summed E-state index contributed by atoms with van der Waals surface area (Å²) in [6, 6.07) is 17.5. The second-order valence-corrected chi connectivity index (χ2v) is 8.40. The first kappa shape index (κ1) is 25.0. The van der Waals surface area contributed by atoms with Crippen molar-refractivity contribution in [3.8, 4) is 5.69 Å². The monoisotopic (exact) mass is 494 g/mol. The van der Waals surface area contributed by atoms with Crippen LogP contribution in [-0.2, 0) is 6.18 Å². The Balaban J connectivity index is 1.80. The van der Waals surface area contributed by atoms with Gasteiger partial charge in [0.05, 0.1) is 33.9 Å². The summed E-state index contributed by atoms with van der Waals surface area (Å²) < 4.78 is 41.8. The Morgan fingerprint density at radius 1 is 1.03 bits per heavy atom. The van der Waals surface area contributed by atoms with Crippen molar-refractivity contribution >= 4 is 22.6 Å². The number of rotatable bonds is 5. The molecule has 0 bridgehead atoms. The number of halogens is 3. The third kappa shape index (κ3) is 4.82. The lowest BCUT2D eigenvalue weighted by molar-refractivity contribution is -0.136. The smallest absolute Gasteiger partial charge is 0.315 e. The molecule has 0 aliphatic rings. The molecule has 3 aromatic carbocycles. The second kappa shape index (κ2) is 9.85. The minimum atomic E-state index is -4.63. The number of anilines is 1. The van der Waals surface area contributed by atoms with Gasteiger partial charge in [0.15, 0.2) is 0 Å². The minimum Gasteiger partial charge on any atom is -0.315 e. The standard InChI is InChI=1S/C27H25F3N4O2/c1-4-33(26(36)32-23-12-8-6-10-21(23)27(28,29)30)18(3)24-31-22-11-7-5-9-20(22)25(35)34(24)19-15-13-17(2)14-16-19/h5-16,18H,4H2,1-3H3,(H,32,36). The van der Waals surface area contributed by atoms with Gasteiger partial charge in [-0.15, -0.1) is 0 Å². The van der Waals surface area contributed by atoms with Crippen LogP contribution >= 0.6 is 0 Å². The quantitative estimate of drug-likeness (QED) is 0.353. The number of benzene rings is 3. The Labute approximate surface area is 206 Å². The van der Waals surface area contributed by atoms with Crippen molar-refractivity contribution in [3.63, 3.8) is 0 Å². The summed E-state index contributed by atoms with van der Waals surface area (Å²) in [4.78, 5) is 32.8. The van der Waals surface area contributed by atoms with E-state index in [9.17, 15) is 22.8 Å². The molecule has 1 aromatic heterocycles. The van der Waals surface area contributed by atoms with Crippen molar-refractivity contribution in [1.29, 1.82) is 0 Å². The molecule has 2 amide bonds. The third-order valence-electron chi connectivity index (χ3n) is 6.01. The first-order valence-corrected chi connectivity index (χ1v) is 11.4. The topological polar surface area (TPSA) is 67.2 Å². The number of hydrogen-bond acceptors (Lipinski definition) is 3. The van der Waals surface area contributed by atoms with Crippen LogP contribution in [0, 0.1) is 6.92 Å². The van der Waals surface area contributed by atoms with Gasteiger partial charge in [-0.2, -0.15) is 13.2 Å². The van der Waals surface area contributed by atoms with Crippen LogP contribution in [-0.4, -0.2) is 27.0 Å². The van der Waals surface area contributed by atoms with E-state index in [1.807, 2.05) is 19.1 Å². The van der Waals surface area contributed by atoms with Gasteiger partial charge in [-0.1, -0.05) is 42.0 Å². The van der Waals surface area contributed by atoms with Crippen molar-refractivity contribution in [3.05, 3.63) is 100 Å². The van der Waals surface area contributed by atoms with Crippen LogP contribution < -0.4 is 10.9 Å². The van der Waals surface area contributed by atoms with E-state index in [-0.39, 0.29) is 17.8 Å². The molecule has 36 heavy (non-hydrogen) atoms. The van der Waals surface area contributed by atoms with Crippen LogP contribution in [0.5, 0.6) is 0 Å². The molecule has 0 saturated heterocycles. The number of aromatic nitrogens is 2. The van der Waals surface area contributed by atoms with Crippen molar-refractivity contribution in [2.75, 3.05) is 11.9 Å². The minimum absolute atomic E-state index is 0.164. The number of nitrogens with zero attached hydrogens (tertiary/aromatic N) is 3. The van der Waals surface area contributed by atoms with Crippen molar-refractivity contribution < 1.29 is 18.0 Å². The molecule has 0 aliphatic carbocycles. The van der Waals surface area contributed by atoms with Gasteiger partial charge in [0.2, 0.25) is 0 Å². The molecule has 0 saturated carbocycles.